The molecule has 11 heteroatoms. The minimum atomic E-state index is -4.98. The van der Waals surface area contributed by atoms with Crippen LogP contribution >= 0.6 is 0 Å². The lowest BCUT2D eigenvalue weighted by atomic mass is 10.2. The van der Waals surface area contributed by atoms with Crippen LogP contribution in [0.3, 0.4) is 0 Å². The molecule has 0 spiro atoms. The zero-order valence-corrected chi connectivity index (χ0v) is 14.6. The number of para-hydroxylation sites is 1. The van der Waals surface area contributed by atoms with Crippen molar-refractivity contribution in [3.8, 4) is 5.75 Å². The molecule has 0 amide bonds. The summed E-state index contributed by atoms with van der Waals surface area (Å²) < 4.78 is 68.7. The van der Waals surface area contributed by atoms with E-state index in [0.717, 1.165) is 16.4 Å². The van der Waals surface area contributed by atoms with E-state index in [4.69, 9.17) is 0 Å². The summed E-state index contributed by atoms with van der Waals surface area (Å²) in [5, 5.41) is 0. The van der Waals surface area contributed by atoms with E-state index in [9.17, 15) is 21.6 Å². The molecule has 1 aromatic heterocycles. The highest BCUT2D eigenvalue weighted by Crippen LogP contribution is 2.33. The van der Waals surface area contributed by atoms with E-state index in [1.807, 2.05) is 11.9 Å². The van der Waals surface area contributed by atoms with Crippen LogP contribution in [0.15, 0.2) is 41.6 Å². The number of alkyl halides is 3. The van der Waals surface area contributed by atoms with Gasteiger partial charge in [0.05, 0.1) is 6.04 Å². The van der Waals surface area contributed by atoms with Crippen molar-refractivity contribution in [1.29, 1.82) is 0 Å². The number of ether oxygens (including phenoxy) is 1. The Balaban J connectivity index is 1.91. The Kier molecular flexibility index (Phi) is 4.95. The van der Waals surface area contributed by atoms with Crippen molar-refractivity contribution in [2.24, 2.45) is 0 Å². The lowest BCUT2D eigenvalue weighted by molar-refractivity contribution is -0.275. The molecule has 1 saturated heterocycles. The van der Waals surface area contributed by atoms with Crippen molar-refractivity contribution >= 4 is 10.0 Å². The molecule has 2 heterocycles. The number of hydrogen-bond donors (Lipinski definition) is 1. The molecule has 2 aromatic rings. The lowest BCUT2D eigenvalue weighted by Crippen LogP contribution is -2.49. The van der Waals surface area contributed by atoms with Crippen molar-refractivity contribution < 1.29 is 26.3 Å². The van der Waals surface area contributed by atoms with Gasteiger partial charge in [-0.15, -0.1) is 13.2 Å². The number of hydrogen-bond acceptors (Lipinski definition) is 5. The normalized spacial score (nSPS) is 20.2. The van der Waals surface area contributed by atoms with E-state index in [1.54, 1.807) is 12.4 Å². The van der Waals surface area contributed by atoms with Crippen LogP contribution in [-0.4, -0.2) is 60.6 Å². The van der Waals surface area contributed by atoms with Crippen LogP contribution in [-0.2, 0) is 10.0 Å². The number of aromatic nitrogens is 2. The maximum Gasteiger partial charge on any atom is 0.573 e. The minimum Gasteiger partial charge on any atom is -0.404 e. The van der Waals surface area contributed by atoms with Crippen LogP contribution in [0.1, 0.15) is 11.9 Å². The molecule has 0 aliphatic carbocycles. The third-order valence-corrected chi connectivity index (χ3v) is 6.04. The van der Waals surface area contributed by atoms with Crippen LogP contribution < -0.4 is 4.74 Å². The topological polar surface area (TPSA) is 78.5 Å². The number of sulfonamides is 1. The Bertz CT molecular complexity index is 855. The summed E-state index contributed by atoms with van der Waals surface area (Å²) in [5.41, 5.74) is 0. The van der Waals surface area contributed by atoms with Gasteiger partial charge in [-0.3, -0.25) is 4.90 Å². The fourth-order valence-corrected chi connectivity index (χ4v) is 4.39. The Labute approximate surface area is 148 Å². The molecule has 0 radical (unpaired) electrons. The molecule has 1 N–H and O–H groups in total. The van der Waals surface area contributed by atoms with Crippen molar-refractivity contribution in [2.75, 3.05) is 26.7 Å². The van der Waals surface area contributed by atoms with Crippen molar-refractivity contribution in [2.45, 2.75) is 17.3 Å². The van der Waals surface area contributed by atoms with Gasteiger partial charge in [-0.1, -0.05) is 12.1 Å². The highest BCUT2D eigenvalue weighted by atomic mass is 32.2. The van der Waals surface area contributed by atoms with Gasteiger partial charge in [0.2, 0.25) is 10.0 Å². The van der Waals surface area contributed by atoms with E-state index in [1.165, 1.54) is 12.1 Å². The maximum absolute atomic E-state index is 12.9. The van der Waals surface area contributed by atoms with Crippen LogP contribution in [0.25, 0.3) is 0 Å². The second kappa shape index (κ2) is 6.89. The molecule has 1 unspecified atom stereocenters. The third-order valence-electron chi connectivity index (χ3n) is 4.14. The Morgan fingerprint density at radius 1 is 1.27 bits per heavy atom. The van der Waals surface area contributed by atoms with Gasteiger partial charge in [-0.25, -0.2) is 13.4 Å². The number of imidazole rings is 1. The quantitative estimate of drug-likeness (QED) is 0.864. The number of aromatic amines is 1. The highest BCUT2D eigenvalue weighted by Gasteiger charge is 2.38. The molecule has 1 aliphatic rings. The number of H-pyrrole nitrogens is 1. The number of rotatable bonds is 4. The largest absolute Gasteiger partial charge is 0.573 e. The molecule has 142 valence electrons. The summed E-state index contributed by atoms with van der Waals surface area (Å²) in [6, 6.07) is 4.41. The van der Waals surface area contributed by atoms with Gasteiger partial charge in [0.25, 0.3) is 0 Å². The first-order valence-electron chi connectivity index (χ1n) is 7.73. The first kappa shape index (κ1) is 18.7. The number of nitrogens with one attached hydrogen (secondary N) is 1. The van der Waals surface area contributed by atoms with Gasteiger partial charge < -0.3 is 9.72 Å². The van der Waals surface area contributed by atoms with Gasteiger partial charge in [-0.05, 0) is 19.2 Å². The van der Waals surface area contributed by atoms with Gasteiger partial charge in [0, 0.05) is 32.0 Å². The summed E-state index contributed by atoms with van der Waals surface area (Å²) in [5.74, 6) is -0.152. The van der Waals surface area contributed by atoms with Gasteiger partial charge in [-0.2, -0.15) is 4.31 Å². The average molecular weight is 390 g/mol. The van der Waals surface area contributed by atoms with E-state index in [0.29, 0.717) is 12.4 Å². The number of nitrogens with zero attached hydrogens (tertiary/aromatic N) is 3. The highest BCUT2D eigenvalue weighted by molar-refractivity contribution is 7.89. The summed E-state index contributed by atoms with van der Waals surface area (Å²) in [6.07, 6.45) is -1.80. The number of benzene rings is 1. The molecule has 3 rings (SSSR count). The molecule has 1 atom stereocenters. The summed E-state index contributed by atoms with van der Waals surface area (Å²) in [7, 11) is -2.34. The van der Waals surface area contributed by atoms with Gasteiger partial charge in [0.15, 0.2) is 0 Å². The van der Waals surface area contributed by atoms with Gasteiger partial charge in [0.1, 0.15) is 16.5 Å². The van der Waals surface area contributed by atoms with E-state index in [-0.39, 0.29) is 19.1 Å². The van der Waals surface area contributed by atoms with Crippen LogP contribution in [0.2, 0.25) is 0 Å². The predicted molar refractivity (Wildman–Crippen MR) is 85.8 cm³/mol. The van der Waals surface area contributed by atoms with Crippen molar-refractivity contribution in [1.82, 2.24) is 19.2 Å². The molecular formula is C15H17F3N4O3S. The number of halogens is 3. The standard InChI is InChI=1S/C15H17F3N4O3S/c1-21-8-9-22(10-11(21)14-19-6-7-20-14)26(23,24)13-5-3-2-4-12(13)25-15(16,17)18/h2-7,11H,8-10H2,1H3,(H,19,20). The summed E-state index contributed by atoms with van der Waals surface area (Å²) in [4.78, 5) is 8.52. The number of likely N-dealkylation sites (N-methyl/N-ethyl adjacent to an activating group) is 1. The molecule has 0 bridgehead atoms. The van der Waals surface area contributed by atoms with Crippen LogP contribution in [0, 0.1) is 0 Å². The first-order valence-corrected chi connectivity index (χ1v) is 9.17. The Morgan fingerprint density at radius 3 is 2.65 bits per heavy atom. The first-order chi connectivity index (χ1) is 12.2. The maximum atomic E-state index is 12.9. The fourth-order valence-electron chi connectivity index (χ4n) is 2.83. The van der Waals surface area contributed by atoms with Crippen molar-refractivity contribution in [3.63, 3.8) is 0 Å². The molecular weight excluding hydrogens is 373 g/mol. The monoisotopic (exact) mass is 390 g/mol. The Morgan fingerprint density at radius 2 is 2.00 bits per heavy atom. The van der Waals surface area contributed by atoms with E-state index in [2.05, 4.69) is 14.7 Å². The third kappa shape index (κ3) is 3.84. The smallest absolute Gasteiger partial charge is 0.404 e. The molecule has 0 saturated carbocycles. The summed E-state index contributed by atoms with van der Waals surface area (Å²) >= 11 is 0. The zero-order chi connectivity index (χ0) is 18.9. The lowest BCUT2D eigenvalue weighted by Gasteiger charge is -2.37. The second-order valence-electron chi connectivity index (χ2n) is 5.83. The van der Waals surface area contributed by atoms with Crippen molar-refractivity contribution in [3.05, 3.63) is 42.5 Å². The van der Waals surface area contributed by atoms with Crippen LogP contribution in [0.4, 0.5) is 13.2 Å². The molecule has 1 aromatic carbocycles. The summed E-state index contributed by atoms with van der Waals surface area (Å²) in [6.45, 7) is 0.621. The molecule has 1 aliphatic heterocycles. The van der Waals surface area contributed by atoms with E-state index < -0.39 is 27.0 Å². The predicted octanol–water partition coefficient (Wildman–Crippen LogP) is 1.99. The fraction of sp³-hybridized carbons (Fsp3) is 0.400. The average Bonchev–Trinajstić information content (AvgIpc) is 3.08. The molecule has 1 fully saturated rings. The molecule has 26 heavy (non-hydrogen) atoms. The van der Waals surface area contributed by atoms with Crippen LogP contribution in [0.5, 0.6) is 5.75 Å². The Hall–Kier alpha value is -2.11. The SMILES string of the molecule is CN1CCN(S(=O)(=O)c2ccccc2OC(F)(F)F)CC1c1ncc[nH]1. The second-order valence-corrected chi connectivity index (χ2v) is 7.73. The van der Waals surface area contributed by atoms with Gasteiger partial charge >= 0.3 is 6.36 Å². The van der Waals surface area contributed by atoms with E-state index >= 15 is 0 Å². The number of piperazine rings is 1. The zero-order valence-electron chi connectivity index (χ0n) is 13.8. The molecule has 7 nitrogen and oxygen atoms in total. The minimum absolute atomic E-state index is 0.0622.